The third kappa shape index (κ3) is 3.17. The number of piperidine rings is 1. The third-order valence-electron chi connectivity index (χ3n) is 3.30. The first-order valence-corrected chi connectivity index (χ1v) is 5.60. The number of rotatable bonds is 4. The average Bonchev–Trinajstić information content (AvgIpc) is 2.14. The number of hydrogen-bond donors (Lipinski definition) is 0. The Hall–Kier alpha value is -0.640. The molecule has 0 aromatic carbocycles. The van der Waals surface area contributed by atoms with E-state index in [-0.39, 0.29) is 0 Å². The van der Waals surface area contributed by atoms with Crippen molar-refractivity contribution in [3.8, 4) is 0 Å². The highest BCUT2D eigenvalue weighted by Gasteiger charge is 2.44. The van der Waals surface area contributed by atoms with Crippen LogP contribution in [0.4, 0.5) is 8.78 Å². The van der Waals surface area contributed by atoms with Crippen LogP contribution in [0.5, 0.6) is 0 Å². The van der Waals surface area contributed by atoms with Gasteiger partial charge in [0.15, 0.2) is 0 Å². The molecule has 2 nitrogen and oxygen atoms in total. The maximum Gasteiger partial charge on any atom is 0.242 e. The van der Waals surface area contributed by atoms with Crippen LogP contribution in [0.25, 0.3) is 0 Å². The standard InChI is InChI=1S/C12H21F2NO/c1-9(2)16-8-12(3)7-15(4)6-5-10(12)11(13)14/h10-11H,1,5-8H2,2-4H3/t10-,12+/m1/s1. The van der Waals surface area contributed by atoms with Gasteiger partial charge in [0.05, 0.1) is 12.4 Å². The zero-order chi connectivity index (χ0) is 12.3. The summed E-state index contributed by atoms with van der Waals surface area (Å²) >= 11 is 0. The molecule has 0 saturated carbocycles. The number of alkyl halides is 2. The number of halogens is 2. The first-order valence-electron chi connectivity index (χ1n) is 5.60. The average molecular weight is 233 g/mol. The molecular formula is C12H21F2NO. The van der Waals surface area contributed by atoms with E-state index < -0.39 is 17.8 Å². The second kappa shape index (κ2) is 5.13. The summed E-state index contributed by atoms with van der Waals surface area (Å²) in [7, 11) is 1.96. The fourth-order valence-electron chi connectivity index (χ4n) is 2.39. The molecule has 0 bridgehead atoms. The van der Waals surface area contributed by atoms with Gasteiger partial charge in [-0.15, -0.1) is 0 Å². The maximum atomic E-state index is 13.0. The van der Waals surface area contributed by atoms with E-state index >= 15 is 0 Å². The van der Waals surface area contributed by atoms with Gasteiger partial charge in [-0.3, -0.25) is 0 Å². The second-order valence-electron chi connectivity index (χ2n) is 5.11. The van der Waals surface area contributed by atoms with E-state index in [0.717, 1.165) is 6.54 Å². The monoisotopic (exact) mass is 233 g/mol. The quantitative estimate of drug-likeness (QED) is 0.692. The maximum absolute atomic E-state index is 13.0. The fourth-order valence-corrected chi connectivity index (χ4v) is 2.39. The molecule has 0 unspecified atom stereocenters. The van der Waals surface area contributed by atoms with E-state index in [9.17, 15) is 8.78 Å². The Labute approximate surface area is 96.3 Å². The Balaban J connectivity index is 2.71. The molecule has 0 aliphatic carbocycles. The number of likely N-dealkylation sites (tertiary alicyclic amines) is 1. The van der Waals surface area contributed by atoms with Gasteiger partial charge in [0.1, 0.15) is 0 Å². The number of ether oxygens (including phenoxy) is 1. The van der Waals surface area contributed by atoms with Gasteiger partial charge >= 0.3 is 0 Å². The Morgan fingerprint density at radius 1 is 1.62 bits per heavy atom. The molecule has 94 valence electrons. The smallest absolute Gasteiger partial charge is 0.242 e. The molecule has 0 radical (unpaired) electrons. The number of allylic oxidation sites excluding steroid dienone is 1. The van der Waals surface area contributed by atoms with Gasteiger partial charge in [-0.1, -0.05) is 13.5 Å². The Morgan fingerprint density at radius 2 is 2.25 bits per heavy atom. The predicted molar refractivity (Wildman–Crippen MR) is 60.5 cm³/mol. The summed E-state index contributed by atoms with van der Waals surface area (Å²) in [6.45, 7) is 8.96. The summed E-state index contributed by atoms with van der Waals surface area (Å²) in [5.74, 6) is 0.00511. The van der Waals surface area contributed by atoms with Crippen molar-refractivity contribution in [2.45, 2.75) is 26.7 Å². The number of nitrogens with zero attached hydrogens (tertiary/aromatic N) is 1. The summed E-state index contributed by atoms with van der Waals surface area (Å²) in [5.41, 5.74) is -0.486. The van der Waals surface area contributed by atoms with Gasteiger partial charge in [0.25, 0.3) is 0 Å². The van der Waals surface area contributed by atoms with Gasteiger partial charge < -0.3 is 9.64 Å². The van der Waals surface area contributed by atoms with Gasteiger partial charge in [-0.05, 0) is 26.9 Å². The lowest BCUT2D eigenvalue weighted by molar-refractivity contribution is -0.0768. The van der Waals surface area contributed by atoms with E-state index in [1.54, 1.807) is 6.92 Å². The molecule has 0 aromatic rings. The molecule has 2 atom stereocenters. The van der Waals surface area contributed by atoms with Crippen molar-refractivity contribution in [3.05, 3.63) is 12.3 Å². The van der Waals surface area contributed by atoms with Crippen LogP contribution >= 0.6 is 0 Å². The van der Waals surface area contributed by atoms with Crippen molar-refractivity contribution >= 4 is 0 Å². The van der Waals surface area contributed by atoms with E-state index in [1.165, 1.54) is 0 Å². The molecule has 1 rings (SSSR count). The Morgan fingerprint density at radius 3 is 2.75 bits per heavy atom. The summed E-state index contributed by atoms with van der Waals surface area (Å²) in [4.78, 5) is 2.08. The van der Waals surface area contributed by atoms with Crippen molar-refractivity contribution in [1.82, 2.24) is 4.90 Å². The third-order valence-corrected chi connectivity index (χ3v) is 3.30. The zero-order valence-corrected chi connectivity index (χ0v) is 10.3. The molecule has 1 heterocycles. The van der Waals surface area contributed by atoms with Crippen LogP contribution in [0.15, 0.2) is 12.3 Å². The lowest BCUT2D eigenvalue weighted by Crippen LogP contribution is -2.50. The molecule has 0 N–H and O–H groups in total. The van der Waals surface area contributed by atoms with Crippen LogP contribution in [-0.2, 0) is 4.74 Å². The molecule has 1 aliphatic heterocycles. The number of hydrogen-bond acceptors (Lipinski definition) is 2. The second-order valence-corrected chi connectivity index (χ2v) is 5.11. The van der Waals surface area contributed by atoms with Crippen LogP contribution < -0.4 is 0 Å². The lowest BCUT2D eigenvalue weighted by atomic mass is 9.73. The molecule has 0 aromatic heterocycles. The topological polar surface area (TPSA) is 12.5 Å². The van der Waals surface area contributed by atoms with Gasteiger partial charge in [-0.25, -0.2) is 8.78 Å². The van der Waals surface area contributed by atoms with Crippen LogP contribution in [0.1, 0.15) is 20.3 Å². The molecule has 0 amide bonds. The molecule has 16 heavy (non-hydrogen) atoms. The summed E-state index contributed by atoms with van der Waals surface area (Å²) in [5, 5.41) is 0. The van der Waals surface area contributed by atoms with E-state index in [0.29, 0.717) is 25.3 Å². The van der Waals surface area contributed by atoms with E-state index in [1.807, 2.05) is 14.0 Å². The van der Waals surface area contributed by atoms with Crippen molar-refractivity contribution in [3.63, 3.8) is 0 Å². The van der Waals surface area contributed by atoms with Gasteiger partial charge in [-0.2, -0.15) is 0 Å². The highest BCUT2D eigenvalue weighted by Crippen LogP contribution is 2.39. The van der Waals surface area contributed by atoms with Crippen LogP contribution in [0.3, 0.4) is 0 Å². The first kappa shape index (κ1) is 13.4. The molecule has 1 aliphatic rings. The summed E-state index contributed by atoms with van der Waals surface area (Å²) in [6.07, 6.45) is -1.74. The summed E-state index contributed by atoms with van der Waals surface area (Å²) in [6, 6.07) is 0. The zero-order valence-electron chi connectivity index (χ0n) is 10.3. The van der Waals surface area contributed by atoms with Crippen LogP contribution in [0, 0.1) is 11.3 Å². The molecule has 0 spiro atoms. The predicted octanol–water partition coefficient (Wildman–Crippen LogP) is 2.76. The SMILES string of the molecule is C=C(C)OC[C@]1(C)CN(C)CC[C@@H]1C(F)F. The van der Waals surface area contributed by atoms with Crippen molar-refractivity contribution in [2.75, 3.05) is 26.7 Å². The highest BCUT2D eigenvalue weighted by atomic mass is 19.3. The molecule has 4 heteroatoms. The van der Waals surface area contributed by atoms with Crippen molar-refractivity contribution in [2.24, 2.45) is 11.3 Å². The van der Waals surface area contributed by atoms with Crippen LogP contribution in [-0.4, -0.2) is 38.1 Å². The molecule has 1 fully saturated rings. The lowest BCUT2D eigenvalue weighted by Gasteiger charge is -2.44. The highest BCUT2D eigenvalue weighted by molar-refractivity contribution is 4.92. The van der Waals surface area contributed by atoms with Crippen LogP contribution in [0.2, 0.25) is 0 Å². The summed E-state index contributed by atoms with van der Waals surface area (Å²) < 4.78 is 31.3. The van der Waals surface area contributed by atoms with Gasteiger partial charge in [0, 0.05) is 17.9 Å². The minimum absolute atomic E-state index is 0.321. The van der Waals surface area contributed by atoms with Crippen molar-refractivity contribution in [1.29, 1.82) is 0 Å². The normalized spacial score (nSPS) is 31.8. The largest absolute Gasteiger partial charge is 0.498 e. The Bertz CT molecular complexity index is 257. The van der Waals surface area contributed by atoms with E-state index in [2.05, 4.69) is 11.5 Å². The van der Waals surface area contributed by atoms with E-state index in [4.69, 9.17) is 4.74 Å². The molecule has 1 saturated heterocycles. The van der Waals surface area contributed by atoms with Gasteiger partial charge in [0.2, 0.25) is 6.43 Å². The fraction of sp³-hybridized carbons (Fsp3) is 0.833. The molecular weight excluding hydrogens is 212 g/mol. The minimum atomic E-state index is -2.27. The Kier molecular flexibility index (Phi) is 4.30. The minimum Gasteiger partial charge on any atom is -0.498 e. The first-order chi connectivity index (χ1) is 7.35. The van der Waals surface area contributed by atoms with Crippen molar-refractivity contribution < 1.29 is 13.5 Å².